The third-order valence-corrected chi connectivity index (χ3v) is 11.2. The van der Waals surface area contributed by atoms with Crippen molar-refractivity contribution in [2.45, 2.75) is 143 Å². The van der Waals surface area contributed by atoms with Crippen LogP contribution >= 0.6 is 11.3 Å². The lowest BCUT2D eigenvalue weighted by molar-refractivity contribution is -0.144. The summed E-state index contributed by atoms with van der Waals surface area (Å²) in [7, 11) is 0. The number of likely N-dealkylation sites (tertiary alicyclic amines) is 1. The van der Waals surface area contributed by atoms with Crippen molar-refractivity contribution in [1.29, 1.82) is 0 Å². The number of carbonyl (C=O) groups excluding carboxylic acids is 5. The van der Waals surface area contributed by atoms with Crippen LogP contribution in [0.5, 0.6) is 5.75 Å². The van der Waals surface area contributed by atoms with Gasteiger partial charge in [-0.05, 0) is 94.5 Å². The van der Waals surface area contributed by atoms with Gasteiger partial charge in [0.2, 0.25) is 23.6 Å². The molecule has 3 aromatic rings. The van der Waals surface area contributed by atoms with Gasteiger partial charge < -0.3 is 41.2 Å². The maximum Gasteiger partial charge on any atom is 0.407 e. The van der Waals surface area contributed by atoms with Gasteiger partial charge in [-0.25, -0.2) is 14.2 Å². The van der Waals surface area contributed by atoms with E-state index < -0.39 is 59.0 Å². The third kappa shape index (κ3) is 15.4. The van der Waals surface area contributed by atoms with E-state index in [1.807, 2.05) is 58.9 Å². The molecule has 0 bridgehead atoms. The van der Waals surface area contributed by atoms with Gasteiger partial charge in [-0.1, -0.05) is 51.5 Å². The van der Waals surface area contributed by atoms with Crippen LogP contribution in [-0.4, -0.2) is 87.7 Å². The van der Waals surface area contributed by atoms with E-state index in [1.54, 1.807) is 43.7 Å². The van der Waals surface area contributed by atoms with E-state index in [0.717, 1.165) is 21.7 Å². The highest BCUT2D eigenvalue weighted by Crippen LogP contribution is 2.30. The fourth-order valence-electron chi connectivity index (χ4n) is 7.07. The predicted molar refractivity (Wildman–Crippen MR) is 232 cm³/mol. The van der Waals surface area contributed by atoms with Crippen molar-refractivity contribution in [1.82, 2.24) is 25.8 Å². The average Bonchev–Trinajstić information content (AvgIpc) is 3.78. The molecule has 0 aliphatic carbocycles. The van der Waals surface area contributed by atoms with Crippen molar-refractivity contribution in [2.24, 2.45) is 11.1 Å². The number of β-amino-alcohol motifs (C(OH)–C–C–N with tert-alkyl or cyclic N) is 1. The summed E-state index contributed by atoms with van der Waals surface area (Å²) in [6.45, 7) is 14.5. The number of aromatic nitrogens is 1. The van der Waals surface area contributed by atoms with Crippen molar-refractivity contribution in [3.05, 3.63) is 70.6 Å². The van der Waals surface area contributed by atoms with E-state index in [2.05, 4.69) is 20.9 Å². The van der Waals surface area contributed by atoms with E-state index >= 15 is 0 Å². The Morgan fingerprint density at radius 1 is 0.984 bits per heavy atom. The zero-order valence-corrected chi connectivity index (χ0v) is 37.5. The Labute approximate surface area is 362 Å². The van der Waals surface area contributed by atoms with Crippen molar-refractivity contribution < 1.29 is 42.9 Å². The van der Waals surface area contributed by atoms with Crippen LogP contribution < -0.4 is 26.4 Å². The number of aliphatic hydroxyl groups excluding tert-OH is 1. The number of benzene rings is 2. The van der Waals surface area contributed by atoms with Gasteiger partial charge in [-0.15, -0.1) is 11.3 Å². The number of nitrogens with one attached hydrogen (secondary N) is 3. The van der Waals surface area contributed by atoms with Crippen molar-refractivity contribution >= 4 is 41.1 Å². The van der Waals surface area contributed by atoms with E-state index in [0.29, 0.717) is 31.2 Å². The number of hydrogen-bond donors (Lipinski definition) is 5. The molecule has 14 nitrogen and oxygen atoms in total. The lowest BCUT2D eigenvalue weighted by Crippen LogP contribution is -2.57. The first-order chi connectivity index (χ1) is 28.6. The van der Waals surface area contributed by atoms with E-state index in [9.17, 15) is 33.5 Å². The molecule has 5 atom stereocenters. The zero-order valence-electron chi connectivity index (χ0n) is 36.6. The number of rotatable bonds is 19. The Kier molecular flexibility index (Phi) is 17.2. The topological polar surface area (TPSA) is 202 Å². The van der Waals surface area contributed by atoms with Gasteiger partial charge in [0.1, 0.15) is 35.9 Å². The number of nitrogens with two attached hydrogens (primary N) is 1. The van der Waals surface area contributed by atoms with Crippen LogP contribution in [-0.2, 0) is 30.3 Å². The highest BCUT2D eigenvalue weighted by Gasteiger charge is 2.44. The van der Waals surface area contributed by atoms with Gasteiger partial charge in [-0.3, -0.25) is 19.2 Å². The SMILES string of the molecule is Cc1ncsc1-c1ccc([C@H](C)NC(=O)[C@@H]2C[C@@H](O)CN2C(=O)[C@@H](NC(=O)CCCCCc2cc(F)cc(OC[C@H](CCC(N)=O)NC(=O)OC(C)(C)C)c2)C(C)(C)C)cc1. The number of halogens is 1. The molecule has 1 aromatic heterocycles. The Morgan fingerprint density at radius 3 is 2.31 bits per heavy atom. The molecule has 0 spiro atoms. The Hall–Kier alpha value is -5.09. The van der Waals surface area contributed by atoms with Crippen LogP contribution in [0.25, 0.3) is 10.4 Å². The van der Waals surface area contributed by atoms with Gasteiger partial charge in [0.25, 0.3) is 0 Å². The summed E-state index contributed by atoms with van der Waals surface area (Å²) in [6, 6.07) is 9.43. The van der Waals surface area contributed by atoms with Crippen molar-refractivity contribution in [2.75, 3.05) is 13.2 Å². The minimum atomic E-state index is -0.943. The second kappa shape index (κ2) is 21.6. The summed E-state index contributed by atoms with van der Waals surface area (Å²) < 4.78 is 25.7. The minimum Gasteiger partial charge on any atom is -0.491 e. The summed E-state index contributed by atoms with van der Waals surface area (Å²) in [4.78, 5) is 71.5. The molecule has 5 amide bonds. The molecule has 16 heteroatoms. The standard InChI is InChI=1S/C45H63FN6O8S/c1-27(30-14-16-31(17-15-30)39-28(2)48-26-61-39)49-41(56)36-23-34(53)24-52(36)42(57)40(44(3,4)5)51-38(55)13-11-9-10-12-29-20-32(46)22-35(21-29)59-25-33(18-19-37(47)54)50-43(58)60-45(6,7)8/h14-17,20-22,26-27,33-34,36,40,53H,9-13,18-19,23-25H2,1-8H3,(H2,47,54)(H,49,56)(H,50,58)(H,51,55)/t27-,33-,34+,36-,40+/m0/s1. The summed E-state index contributed by atoms with van der Waals surface area (Å²) in [5, 5.41) is 19.2. The van der Waals surface area contributed by atoms with Gasteiger partial charge in [-0.2, -0.15) is 0 Å². The summed E-state index contributed by atoms with van der Waals surface area (Å²) in [5.74, 6) is -1.89. The quantitative estimate of drug-likeness (QED) is 0.0862. The monoisotopic (exact) mass is 866 g/mol. The number of unbranched alkanes of at least 4 members (excludes halogenated alkanes) is 2. The van der Waals surface area contributed by atoms with Crippen LogP contribution in [0.3, 0.4) is 0 Å². The first-order valence-electron chi connectivity index (χ1n) is 20.9. The van der Waals surface area contributed by atoms with Gasteiger partial charge in [0, 0.05) is 31.9 Å². The molecular formula is C45H63FN6O8S. The zero-order chi connectivity index (χ0) is 45.1. The normalized spacial score (nSPS) is 16.9. The van der Waals surface area contributed by atoms with E-state index in [4.69, 9.17) is 15.2 Å². The van der Waals surface area contributed by atoms with Gasteiger partial charge >= 0.3 is 6.09 Å². The number of nitrogens with zero attached hydrogens (tertiary/aromatic N) is 2. The minimum absolute atomic E-state index is 0.0107. The second-order valence-electron chi connectivity index (χ2n) is 17.9. The average molecular weight is 867 g/mol. The lowest BCUT2D eigenvalue weighted by Gasteiger charge is -2.35. The smallest absolute Gasteiger partial charge is 0.407 e. The summed E-state index contributed by atoms with van der Waals surface area (Å²) in [6.07, 6.45) is 1.22. The molecule has 2 heterocycles. The molecular weight excluding hydrogens is 804 g/mol. The van der Waals surface area contributed by atoms with Crippen molar-refractivity contribution in [3.8, 4) is 16.2 Å². The molecule has 2 aromatic carbocycles. The number of aryl methyl sites for hydroxylation is 2. The number of thiazole rings is 1. The summed E-state index contributed by atoms with van der Waals surface area (Å²) >= 11 is 1.56. The molecule has 0 radical (unpaired) electrons. The highest BCUT2D eigenvalue weighted by atomic mass is 32.1. The van der Waals surface area contributed by atoms with Gasteiger partial charge in [0.05, 0.1) is 34.3 Å². The molecule has 0 unspecified atom stereocenters. The number of ether oxygens (including phenoxy) is 2. The van der Waals surface area contributed by atoms with Crippen molar-refractivity contribution in [3.63, 3.8) is 0 Å². The molecule has 6 N–H and O–H groups in total. The number of primary amides is 1. The third-order valence-electron chi connectivity index (χ3n) is 10.3. The first-order valence-corrected chi connectivity index (χ1v) is 21.8. The molecule has 1 fully saturated rings. The van der Waals surface area contributed by atoms with E-state index in [-0.39, 0.29) is 62.4 Å². The largest absolute Gasteiger partial charge is 0.491 e. The fourth-order valence-corrected chi connectivity index (χ4v) is 7.88. The first kappa shape index (κ1) is 48.6. The van der Waals surface area contributed by atoms with Crippen LogP contribution in [0.4, 0.5) is 9.18 Å². The lowest BCUT2D eigenvalue weighted by atomic mass is 9.85. The van der Waals surface area contributed by atoms with Crippen LogP contribution in [0.15, 0.2) is 48.0 Å². The molecule has 1 aliphatic heterocycles. The predicted octanol–water partition coefficient (Wildman–Crippen LogP) is 6.27. The maximum atomic E-state index is 14.6. The number of carbonyl (C=O) groups is 5. The number of amides is 5. The van der Waals surface area contributed by atoms with E-state index in [1.165, 1.54) is 17.0 Å². The number of hydrogen-bond acceptors (Lipinski definition) is 10. The van der Waals surface area contributed by atoms with Gasteiger partial charge in [0.15, 0.2) is 0 Å². The van der Waals surface area contributed by atoms with Crippen LogP contribution in [0.2, 0.25) is 0 Å². The summed E-state index contributed by atoms with van der Waals surface area (Å²) in [5.41, 5.74) is 9.26. The molecule has 334 valence electrons. The van der Waals surface area contributed by atoms with Crippen LogP contribution in [0.1, 0.15) is 116 Å². The second-order valence-corrected chi connectivity index (χ2v) is 18.8. The molecule has 1 aliphatic rings. The Morgan fingerprint density at radius 2 is 1.69 bits per heavy atom. The Bertz CT molecular complexity index is 1980. The molecule has 1 saturated heterocycles. The van der Waals surface area contributed by atoms with Crippen LogP contribution in [0, 0.1) is 18.2 Å². The number of aliphatic hydroxyl groups is 1. The Balaban J connectivity index is 1.27. The highest BCUT2D eigenvalue weighted by molar-refractivity contribution is 7.13. The molecule has 61 heavy (non-hydrogen) atoms. The number of alkyl carbamates (subject to hydrolysis) is 1. The molecule has 0 saturated carbocycles. The molecule has 4 rings (SSSR count). The fraction of sp³-hybridized carbons (Fsp3) is 0.556. The maximum absolute atomic E-state index is 14.6.